The number of benzene rings is 2. The Bertz CT molecular complexity index is 1290. The van der Waals surface area contributed by atoms with E-state index in [1.165, 1.54) is 11.8 Å². The molecule has 0 unspecified atom stereocenters. The second-order valence-corrected chi connectivity index (χ2v) is 9.17. The van der Waals surface area contributed by atoms with Crippen LogP contribution in [0, 0.1) is 0 Å². The molecule has 7 nitrogen and oxygen atoms in total. The summed E-state index contributed by atoms with van der Waals surface area (Å²) in [6, 6.07) is 16.6. The van der Waals surface area contributed by atoms with Crippen molar-refractivity contribution in [2.24, 2.45) is 0 Å². The number of aromatic nitrogens is 4. The highest BCUT2D eigenvalue weighted by atomic mass is 32.2. The number of hydrogen-bond acceptors (Lipinski definition) is 6. The lowest BCUT2D eigenvalue weighted by Crippen LogP contribution is -2.27. The van der Waals surface area contributed by atoms with Gasteiger partial charge in [-0.1, -0.05) is 30.0 Å². The standard InChI is InChI=1S/C25H25N5O2S/c1-29(15-17-3-4-20-14-22(32-2)8-5-19(20)13-17)23(31)16-33-25-28-27-24(30(25)21-6-7-21)18-9-11-26-12-10-18/h3-5,8-14,21H,6-7,15-16H2,1-2H3. The minimum Gasteiger partial charge on any atom is -0.497 e. The van der Waals surface area contributed by atoms with E-state index in [4.69, 9.17) is 4.74 Å². The first-order valence-corrected chi connectivity index (χ1v) is 11.9. The number of thioether (sulfide) groups is 1. The van der Waals surface area contributed by atoms with Gasteiger partial charge in [0, 0.05) is 37.6 Å². The zero-order valence-electron chi connectivity index (χ0n) is 18.6. The van der Waals surface area contributed by atoms with Gasteiger partial charge in [0.1, 0.15) is 5.75 Å². The largest absolute Gasteiger partial charge is 0.497 e. The molecule has 0 aliphatic heterocycles. The summed E-state index contributed by atoms with van der Waals surface area (Å²) in [5.41, 5.74) is 2.09. The van der Waals surface area contributed by atoms with Crippen molar-refractivity contribution in [3.8, 4) is 17.1 Å². The zero-order valence-corrected chi connectivity index (χ0v) is 19.5. The van der Waals surface area contributed by atoms with E-state index >= 15 is 0 Å². The second-order valence-electron chi connectivity index (χ2n) is 8.23. The van der Waals surface area contributed by atoms with Crippen LogP contribution in [0.5, 0.6) is 5.75 Å². The van der Waals surface area contributed by atoms with Crippen LogP contribution < -0.4 is 4.74 Å². The summed E-state index contributed by atoms with van der Waals surface area (Å²) in [6.45, 7) is 0.555. The van der Waals surface area contributed by atoms with Gasteiger partial charge in [-0.2, -0.15) is 0 Å². The number of methoxy groups -OCH3 is 1. The molecule has 1 aliphatic carbocycles. The third kappa shape index (κ3) is 4.71. The molecule has 1 fully saturated rings. The molecule has 8 heteroatoms. The van der Waals surface area contributed by atoms with Gasteiger partial charge >= 0.3 is 0 Å². The number of fused-ring (bicyclic) bond motifs is 1. The van der Waals surface area contributed by atoms with Crippen LogP contribution in [-0.2, 0) is 11.3 Å². The van der Waals surface area contributed by atoms with E-state index in [-0.39, 0.29) is 5.91 Å². The SMILES string of the molecule is COc1ccc2cc(CN(C)C(=O)CSc3nnc(-c4ccncc4)n3C3CC3)ccc2c1. The number of ether oxygens (including phenoxy) is 1. The number of nitrogens with zero attached hydrogens (tertiary/aromatic N) is 5. The van der Waals surface area contributed by atoms with Crippen LogP contribution in [-0.4, -0.2) is 50.5 Å². The number of amides is 1. The van der Waals surface area contributed by atoms with Crippen molar-refractivity contribution in [3.63, 3.8) is 0 Å². The Morgan fingerprint density at radius 2 is 1.85 bits per heavy atom. The van der Waals surface area contributed by atoms with Gasteiger partial charge in [0.2, 0.25) is 5.91 Å². The second kappa shape index (κ2) is 9.23. The van der Waals surface area contributed by atoms with Crippen molar-refractivity contribution in [1.29, 1.82) is 0 Å². The number of carbonyl (C=O) groups is 1. The zero-order chi connectivity index (χ0) is 22.8. The average molecular weight is 460 g/mol. The minimum atomic E-state index is 0.0608. The lowest BCUT2D eigenvalue weighted by Gasteiger charge is -2.17. The summed E-state index contributed by atoms with van der Waals surface area (Å²) < 4.78 is 7.47. The van der Waals surface area contributed by atoms with E-state index in [1.54, 1.807) is 24.4 Å². The molecular weight excluding hydrogens is 434 g/mol. The molecule has 1 amide bonds. The molecule has 2 heterocycles. The van der Waals surface area contributed by atoms with Crippen LogP contribution in [0.4, 0.5) is 0 Å². The van der Waals surface area contributed by atoms with Crippen molar-refractivity contribution in [2.45, 2.75) is 30.6 Å². The maximum Gasteiger partial charge on any atom is 0.233 e. The fourth-order valence-corrected chi connectivity index (χ4v) is 4.78. The highest BCUT2D eigenvalue weighted by molar-refractivity contribution is 7.99. The molecule has 1 saturated carbocycles. The van der Waals surface area contributed by atoms with Crippen LogP contribution in [0.3, 0.4) is 0 Å². The van der Waals surface area contributed by atoms with E-state index in [2.05, 4.69) is 37.9 Å². The third-order valence-corrected chi connectivity index (χ3v) is 6.72. The summed E-state index contributed by atoms with van der Waals surface area (Å²) in [5, 5.41) is 11.8. The first-order chi connectivity index (χ1) is 16.1. The molecule has 33 heavy (non-hydrogen) atoms. The van der Waals surface area contributed by atoms with Crippen LogP contribution in [0.15, 0.2) is 66.1 Å². The number of pyridine rings is 1. The highest BCUT2D eigenvalue weighted by Gasteiger charge is 2.30. The Balaban J connectivity index is 1.25. The molecule has 2 aromatic carbocycles. The number of hydrogen-bond donors (Lipinski definition) is 0. The third-order valence-electron chi connectivity index (χ3n) is 5.80. The smallest absolute Gasteiger partial charge is 0.233 e. The minimum absolute atomic E-state index is 0.0608. The van der Waals surface area contributed by atoms with Crippen LogP contribution in [0.2, 0.25) is 0 Å². The van der Waals surface area contributed by atoms with E-state index in [0.29, 0.717) is 18.3 Å². The van der Waals surface area contributed by atoms with Crippen molar-refractivity contribution >= 4 is 28.4 Å². The quantitative estimate of drug-likeness (QED) is 0.359. The van der Waals surface area contributed by atoms with E-state index in [1.807, 2.05) is 37.4 Å². The maximum atomic E-state index is 12.9. The van der Waals surface area contributed by atoms with Gasteiger partial charge in [0.15, 0.2) is 11.0 Å². The summed E-state index contributed by atoms with van der Waals surface area (Å²) in [7, 11) is 3.51. The van der Waals surface area contributed by atoms with Gasteiger partial charge in [-0.15, -0.1) is 10.2 Å². The first-order valence-electron chi connectivity index (χ1n) is 10.9. The fraction of sp³-hybridized carbons (Fsp3) is 0.280. The lowest BCUT2D eigenvalue weighted by atomic mass is 10.1. The molecule has 0 radical (unpaired) electrons. The molecule has 0 bridgehead atoms. The molecular formula is C25H25N5O2S. The first kappa shape index (κ1) is 21.5. The molecule has 0 spiro atoms. The predicted molar refractivity (Wildman–Crippen MR) is 129 cm³/mol. The lowest BCUT2D eigenvalue weighted by molar-refractivity contribution is -0.127. The Labute approximate surface area is 196 Å². The van der Waals surface area contributed by atoms with Crippen molar-refractivity contribution in [1.82, 2.24) is 24.6 Å². The topological polar surface area (TPSA) is 73.1 Å². The molecule has 0 N–H and O–H groups in total. The van der Waals surface area contributed by atoms with Gasteiger partial charge in [0.05, 0.1) is 12.9 Å². The summed E-state index contributed by atoms with van der Waals surface area (Å²) in [5.74, 6) is 2.06. The predicted octanol–water partition coefficient (Wildman–Crippen LogP) is 4.59. The van der Waals surface area contributed by atoms with Crippen LogP contribution in [0.1, 0.15) is 24.4 Å². The highest BCUT2D eigenvalue weighted by Crippen LogP contribution is 2.41. The van der Waals surface area contributed by atoms with Gasteiger partial charge in [-0.3, -0.25) is 14.3 Å². The monoisotopic (exact) mass is 459 g/mol. The molecule has 1 aliphatic rings. The van der Waals surface area contributed by atoms with Crippen molar-refractivity contribution in [2.75, 3.05) is 19.9 Å². The summed E-state index contributed by atoms with van der Waals surface area (Å²) in [4.78, 5) is 18.7. The van der Waals surface area contributed by atoms with Crippen LogP contribution >= 0.6 is 11.8 Å². The van der Waals surface area contributed by atoms with Crippen molar-refractivity contribution < 1.29 is 9.53 Å². The summed E-state index contributed by atoms with van der Waals surface area (Å²) in [6.07, 6.45) is 5.75. The van der Waals surface area contributed by atoms with E-state index in [9.17, 15) is 4.79 Å². The maximum absolute atomic E-state index is 12.9. The van der Waals surface area contributed by atoms with Crippen molar-refractivity contribution in [3.05, 3.63) is 66.5 Å². The Morgan fingerprint density at radius 1 is 1.09 bits per heavy atom. The molecule has 5 rings (SSSR count). The average Bonchev–Trinajstić information content (AvgIpc) is 3.61. The summed E-state index contributed by atoms with van der Waals surface area (Å²) >= 11 is 1.45. The molecule has 168 valence electrons. The Morgan fingerprint density at radius 3 is 2.61 bits per heavy atom. The van der Waals surface area contributed by atoms with E-state index < -0.39 is 0 Å². The molecule has 0 atom stereocenters. The molecule has 2 aromatic heterocycles. The van der Waals surface area contributed by atoms with Gasteiger partial charge in [0.25, 0.3) is 0 Å². The molecule has 4 aromatic rings. The normalized spacial score (nSPS) is 13.3. The number of rotatable bonds is 8. The van der Waals surface area contributed by atoms with Crippen LogP contribution in [0.25, 0.3) is 22.2 Å². The van der Waals surface area contributed by atoms with E-state index in [0.717, 1.165) is 51.5 Å². The molecule has 0 saturated heterocycles. The van der Waals surface area contributed by atoms with Gasteiger partial charge < -0.3 is 9.64 Å². The number of carbonyl (C=O) groups excluding carboxylic acids is 1. The Hall–Kier alpha value is -3.39. The van der Waals surface area contributed by atoms with Gasteiger partial charge in [-0.05, 0) is 59.5 Å². The van der Waals surface area contributed by atoms with Gasteiger partial charge in [-0.25, -0.2) is 0 Å². The Kier molecular flexibility index (Phi) is 6.00. The fourth-order valence-electron chi connectivity index (χ4n) is 3.83.